The Hall–Kier alpha value is -1.10. The highest BCUT2D eigenvalue weighted by atomic mass is 16.4. The summed E-state index contributed by atoms with van der Waals surface area (Å²) < 4.78 is 0. The number of rotatable bonds is 4. The average molecular weight is 242 g/mol. The van der Waals surface area contributed by atoms with E-state index < -0.39 is 5.97 Å². The van der Waals surface area contributed by atoms with Crippen LogP contribution in [0.2, 0.25) is 0 Å². The maximum atomic E-state index is 12.1. The molecule has 0 bridgehead atoms. The summed E-state index contributed by atoms with van der Waals surface area (Å²) in [4.78, 5) is 24.7. The van der Waals surface area contributed by atoms with E-state index in [9.17, 15) is 9.59 Å². The van der Waals surface area contributed by atoms with Gasteiger partial charge in [0.05, 0.1) is 11.8 Å². The Balaban J connectivity index is 2.53. The van der Waals surface area contributed by atoms with Crippen LogP contribution in [0.5, 0.6) is 0 Å². The van der Waals surface area contributed by atoms with Gasteiger partial charge in [-0.15, -0.1) is 0 Å². The Kier molecular flexibility index (Phi) is 4.93. The second kappa shape index (κ2) is 6.00. The lowest BCUT2D eigenvalue weighted by molar-refractivity contribution is -0.147. The number of likely N-dealkylation sites (tertiary alicyclic amines) is 1. The fourth-order valence-corrected chi connectivity index (χ4v) is 2.24. The van der Waals surface area contributed by atoms with E-state index in [2.05, 4.69) is 0 Å². The molecule has 0 saturated carbocycles. The number of carboxylic acids is 1. The fourth-order valence-electron chi connectivity index (χ4n) is 2.24. The molecule has 98 valence electrons. The second-order valence-electron chi connectivity index (χ2n) is 5.02. The van der Waals surface area contributed by atoms with Gasteiger partial charge in [0.1, 0.15) is 0 Å². The van der Waals surface area contributed by atoms with Crippen LogP contribution in [0.25, 0.3) is 0 Å². The van der Waals surface area contributed by atoms with Crippen molar-refractivity contribution < 1.29 is 14.7 Å². The van der Waals surface area contributed by atoms with Crippen LogP contribution < -0.4 is 5.73 Å². The molecular weight excluding hydrogens is 220 g/mol. The van der Waals surface area contributed by atoms with Crippen molar-refractivity contribution in [1.82, 2.24) is 4.90 Å². The van der Waals surface area contributed by atoms with E-state index in [1.165, 1.54) is 0 Å². The van der Waals surface area contributed by atoms with E-state index >= 15 is 0 Å². The molecule has 0 aromatic rings. The number of hydrogen-bond acceptors (Lipinski definition) is 3. The van der Waals surface area contributed by atoms with Crippen molar-refractivity contribution >= 4 is 11.9 Å². The van der Waals surface area contributed by atoms with Crippen molar-refractivity contribution in [2.75, 3.05) is 19.6 Å². The van der Waals surface area contributed by atoms with Gasteiger partial charge in [-0.1, -0.05) is 13.8 Å². The van der Waals surface area contributed by atoms with E-state index in [0.29, 0.717) is 32.5 Å². The van der Waals surface area contributed by atoms with E-state index in [0.717, 1.165) is 0 Å². The molecule has 1 unspecified atom stereocenters. The van der Waals surface area contributed by atoms with Gasteiger partial charge < -0.3 is 15.7 Å². The lowest BCUT2D eigenvalue weighted by Crippen LogP contribution is -2.46. The summed E-state index contributed by atoms with van der Waals surface area (Å²) in [5, 5.41) is 8.88. The molecule has 0 aliphatic carbocycles. The molecule has 17 heavy (non-hydrogen) atoms. The van der Waals surface area contributed by atoms with Crippen LogP contribution in [-0.2, 0) is 9.59 Å². The first-order valence-corrected chi connectivity index (χ1v) is 6.19. The molecule has 5 nitrogen and oxygen atoms in total. The highest BCUT2D eigenvalue weighted by molar-refractivity contribution is 5.80. The predicted octanol–water partition coefficient (Wildman–Crippen LogP) is 0.540. The van der Waals surface area contributed by atoms with E-state index in [-0.39, 0.29) is 23.7 Å². The first-order valence-electron chi connectivity index (χ1n) is 6.19. The number of aliphatic carboxylic acids is 1. The van der Waals surface area contributed by atoms with Gasteiger partial charge in [0.2, 0.25) is 5.91 Å². The number of carbonyl (C=O) groups excluding carboxylic acids is 1. The third-order valence-corrected chi connectivity index (χ3v) is 3.53. The second-order valence-corrected chi connectivity index (χ2v) is 5.02. The summed E-state index contributed by atoms with van der Waals surface area (Å²) in [6.45, 7) is 5.41. The number of amides is 1. The van der Waals surface area contributed by atoms with Crippen LogP contribution in [0.4, 0.5) is 0 Å². The van der Waals surface area contributed by atoms with Gasteiger partial charge >= 0.3 is 5.97 Å². The van der Waals surface area contributed by atoms with Crippen LogP contribution in [0.1, 0.15) is 26.7 Å². The minimum absolute atomic E-state index is 0.0753. The minimum Gasteiger partial charge on any atom is -0.481 e. The summed E-state index contributed by atoms with van der Waals surface area (Å²) in [7, 11) is 0. The van der Waals surface area contributed by atoms with Gasteiger partial charge in [-0.05, 0) is 18.8 Å². The van der Waals surface area contributed by atoms with Crippen molar-refractivity contribution in [3.05, 3.63) is 0 Å². The van der Waals surface area contributed by atoms with E-state index in [4.69, 9.17) is 10.8 Å². The topological polar surface area (TPSA) is 83.6 Å². The lowest BCUT2D eigenvalue weighted by atomic mass is 9.91. The molecule has 3 N–H and O–H groups in total. The molecule has 0 aromatic heterocycles. The first kappa shape index (κ1) is 14.0. The summed E-state index contributed by atoms with van der Waals surface area (Å²) in [5.74, 6) is -0.891. The Morgan fingerprint density at radius 2 is 1.88 bits per heavy atom. The zero-order valence-electron chi connectivity index (χ0n) is 10.6. The predicted molar refractivity (Wildman–Crippen MR) is 64.3 cm³/mol. The van der Waals surface area contributed by atoms with Crippen LogP contribution >= 0.6 is 0 Å². The molecule has 0 aromatic carbocycles. The molecule has 0 radical (unpaired) electrons. The zero-order chi connectivity index (χ0) is 13.0. The summed E-state index contributed by atoms with van der Waals surface area (Å²) in [6.07, 6.45) is 1.10. The normalized spacial score (nSPS) is 19.4. The van der Waals surface area contributed by atoms with Crippen LogP contribution in [0, 0.1) is 17.8 Å². The monoisotopic (exact) mass is 242 g/mol. The van der Waals surface area contributed by atoms with Gasteiger partial charge in [-0.25, -0.2) is 0 Å². The molecule has 5 heteroatoms. The third kappa shape index (κ3) is 3.43. The fraction of sp³-hybridized carbons (Fsp3) is 0.833. The maximum Gasteiger partial charge on any atom is 0.306 e. The lowest BCUT2D eigenvalue weighted by Gasteiger charge is -2.33. The van der Waals surface area contributed by atoms with Gasteiger partial charge in [-0.2, -0.15) is 0 Å². The quantitative estimate of drug-likeness (QED) is 0.753. The van der Waals surface area contributed by atoms with Gasteiger partial charge in [-0.3, -0.25) is 9.59 Å². The van der Waals surface area contributed by atoms with Gasteiger partial charge in [0, 0.05) is 19.6 Å². The Bertz CT molecular complexity index is 283. The number of carbonyl (C=O) groups is 2. The van der Waals surface area contributed by atoms with Crippen molar-refractivity contribution in [3.63, 3.8) is 0 Å². The Morgan fingerprint density at radius 1 is 1.35 bits per heavy atom. The van der Waals surface area contributed by atoms with Crippen molar-refractivity contribution in [2.24, 2.45) is 23.5 Å². The SMILES string of the molecule is CC(C)C(CN)C(=O)N1CCC(C(=O)O)CC1. The molecule has 1 fully saturated rings. The maximum absolute atomic E-state index is 12.1. The highest BCUT2D eigenvalue weighted by Gasteiger charge is 2.31. The van der Waals surface area contributed by atoms with Crippen molar-refractivity contribution in [2.45, 2.75) is 26.7 Å². The number of nitrogens with two attached hydrogens (primary N) is 1. The standard InChI is InChI=1S/C12H22N2O3/c1-8(2)10(7-13)11(15)14-5-3-9(4-6-14)12(16)17/h8-10H,3-7,13H2,1-2H3,(H,16,17). The summed E-state index contributed by atoms with van der Waals surface area (Å²) in [5.41, 5.74) is 5.62. The van der Waals surface area contributed by atoms with Gasteiger partial charge in [0.15, 0.2) is 0 Å². The molecule has 1 saturated heterocycles. The highest BCUT2D eigenvalue weighted by Crippen LogP contribution is 2.21. The Morgan fingerprint density at radius 3 is 2.24 bits per heavy atom. The molecule has 1 amide bonds. The number of nitrogens with zero attached hydrogens (tertiary/aromatic N) is 1. The smallest absolute Gasteiger partial charge is 0.306 e. The first-order chi connectivity index (χ1) is 7.97. The molecule has 1 aliphatic heterocycles. The Labute approximate surface area is 102 Å². The van der Waals surface area contributed by atoms with Gasteiger partial charge in [0.25, 0.3) is 0 Å². The number of piperidine rings is 1. The average Bonchev–Trinajstić information content (AvgIpc) is 2.29. The summed E-state index contributed by atoms with van der Waals surface area (Å²) in [6, 6.07) is 0. The molecule has 1 aliphatic rings. The largest absolute Gasteiger partial charge is 0.481 e. The molecule has 1 atom stereocenters. The van der Waals surface area contributed by atoms with Crippen molar-refractivity contribution in [3.8, 4) is 0 Å². The number of hydrogen-bond donors (Lipinski definition) is 2. The zero-order valence-corrected chi connectivity index (χ0v) is 10.6. The number of carboxylic acid groups (broad SMARTS) is 1. The third-order valence-electron chi connectivity index (χ3n) is 3.53. The van der Waals surface area contributed by atoms with Crippen molar-refractivity contribution in [1.29, 1.82) is 0 Å². The van der Waals surface area contributed by atoms with Crippen LogP contribution in [0.15, 0.2) is 0 Å². The van der Waals surface area contributed by atoms with Crippen LogP contribution in [-0.4, -0.2) is 41.5 Å². The van der Waals surface area contributed by atoms with E-state index in [1.807, 2.05) is 13.8 Å². The minimum atomic E-state index is -0.753. The molecule has 0 spiro atoms. The van der Waals surface area contributed by atoms with E-state index in [1.54, 1.807) is 4.90 Å². The van der Waals surface area contributed by atoms with Crippen LogP contribution in [0.3, 0.4) is 0 Å². The molecular formula is C12H22N2O3. The molecule has 1 rings (SSSR count). The summed E-state index contributed by atoms with van der Waals surface area (Å²) >= 11 is 0. The molecule has 1 heterocycles.